The zero-order valence-electron chi connectivity index (χ0n) is 14.9. The Labute approximate surface area is 168 Å². The maximum absolute atomic E-state index is 12.6. The van der Waals surface area contributed by atoms with E-state index in [-0.39, 0.29) is 16.5 Å². The summed E-state index contributed by atoms with van der Waals surface area (Å²) in [6, 6.07) is 24.1. The summed E-state index contributed by atoms with van der Waals surface area (Å²) in [6.45, 7) is 0.655. The van der Waals surface area contributed by atoms with Crippen LogP contribution in [0.25, 0.3) is 22.4 Å². The summed E-state index contributed by atoms with van der Waals surface area (Å²) in [5, 5.41) is 0.202. The van der Waals surface area contributed by atoms with Gasteiger partial charge in [0.05, 0.1) is 16.1 Å². The number of rotatable bonds is 6. The number of aromatic nitrogens is 2. The highest BCUT2D eigenvalue weighted by Gasteiger charge is 2.18. The molecule has 0 atom stereocenters. The predicted octanol–water partition coefficient (Wildman–Crippen LogP) is 4.34. The molecule has 7 heteroatoms. The molecule has 0 bridgehead atoms. The molecule has 142 valence electrons. The first-order chi connectivity index (χ1) is 13.6. The number of imidazole rings is 1. The van der Waals surface area contributed by atoms with Crippen molar-refractivity contribution in [3.8, 4) is 11.4 Å². The molecule has 4 rings (SSSR count). The second-order valence-electron chi connectivity index (χ2n) is 6.27. The van der Waals surface area contributed by atoms with Crippen LogP contribution in [0.4, 0.5) is 0 Å². The van der Waals surface area contributed by atoms with E-state index in [0.717, 1.165) is 22.4 Å². The van der Waals surface area contributed by atoms with Crippen LogP contribution < -0.4 is 4.72 Å². The highest BCUT2D eigenvalue weighted by Crippen LogP contribution is 2.25. The van der Waals surface area contributed by atoms with E-state index in [0.29, 0.717) is 6.54 Å². The maximum atomic E-state index is 12.6. The summed E-state index contributed by atoms with van der Waals surface area (Å²) < 4.78 is 29.8. The topological polar surface area (TPSA) is 64.0 Å². The standard InChI is InChI=1S/C21H18ClN3O2S/c22-17-10-4-7-13-20(17)28(26,27)23-14-15-25-19-12-6-5-11-18(19)24-21(25)16-8-2-1-3-9-16/h1-13,23H,14-15H2. The molecule has 1 heterocycles. The Morgan fingerprint density at radius 3 is 2.36 bits per heavy atom. The molecule has 0 aliphatic carbocycles. The van der Waals surface area contributed by atoms with Crippen molar-refractivity contribution in [3.05, 3.63) is 83.9 Å². The third-order valence-electron chi connectivity index (χ3n) is 4.44. The average molecular weight is 412 g/mol. The monoisotopic (exact) mass is 411 g/mol. The number of fused-ring (bicyclic) bond motifs is 1. The third-order valence-corrected chi connectivity index (χ3v) is 6.40. The Morgan fingerprint density at radius 1 is 0.893 bits per heavy atom. The fraction of sp³-hybridized carbons (Fsp3) is 0.0952. The second-order valence-corrected chi connectivity index (χ2v) is 8.41. The van der Waals surface area contributed by atoms with Crippen molar-refractivity contribution in [2.24, 2.45) is 0 Å². The molecule has 1 aromatic heterocycles. The molecular weight excluding hydrogens is 394 g/mol. The van der Waals surface area contributed by atoms with Gasteiger partial charge in [0.25, 0.3) is 0 Å². The number of halogens is 1. The van der Waals surface area contributed by atoms with Crippen molar-refractivity contribution >= 4 is 32.7 Å². The summed E-state index contributed by atoms with van der Waals surface area (Å²) in [7, 11) is -3.69. The fourth-order valence-corrected chi connectivity index (χ4v) is 4.68. The van der Waals surface area contributed by atoms with Gasteiger partial charge in [0.1, 0.15) is 10.7 Å². The van der Waals surface area contributed by atoms with Gasteiger partial charge in [0, 0.05) is 18.7 Å². The minimum atomic E-state index is -3.69. The molecular formula is C21H18ClN3O2S. The molecule has 3 aromatic carbocycles. The van der Waals surface area contributed by atoms with Gasteiger partial charge in [-0.25, -0.2) is 18.1 Å². The lowest BCUT2D eigenvalue weighted by atomic mass is 10.2. The molecule has 0 saturated carbocycles. The van der Waals surface area contributed by atoms with E-state index in [1.807, 2.05) is 59.2 Å². The van der Waals surface area contributed by atoms with Crippen LogP contribution in [0.1, 0.15) is 0 Å². The van der Waals surface area contributed by atoms with Gasteiger partial charge in [0.15, 0.2) is 0 Å². The van der Waals surface area contributed by atoms with Crippen molar-refractivity contribution in [2.45, 2.75) is 11.4 Å². The maximum Gasteiger partial charge on any atom is 0.242 e. The summed E-state index contributed by atoms with van der Waals surface area (Å²) in [5.74, 6) is 0.804. The van der Waals surface area contributed by atoms with Crippen molar-refractivity contribution in [2.75, 3.05) is 6.54 Å². The van der Waals surface area contributed by atoms with E-state index in [2.05, 4.69) is 4.72 Å². The largest absolute Gasteiger partial charge is 0.323 e. The number of sulfonamides is 1. The van der Waals surface area contributed by atoms with E-state index in [9.17, 15) is 8.42 Å². The summed E-state index contributed by atoms with van der Waals surface area (Å²) in [5.41, 5.74) is 2.81. The van der Waals surface area contributed by atoms with E-state index in [4.69, 9.17) is 16.6 Å². The van der Waals surface area contributed by atoms with Gasteiger partial charge in [0.2, 0.25) is 10.0 Å². The van der Waals surface area contributed by atoms with Gasteiger partial charge >= 0.3 is 0 Å². The molecule has 5 nitrogen and oxygen atoms in total. The molecule has 0 spiro atoms. The predicted molar refractivity (Wildman–Crippen MR) is 112 cm³/mol. The van der Waals surface area contributed by atoms with E-state index >= 15 is 0 Å². The van der Waals surface area contributed by atoms with Crippen LogP contribution in [0, 0.1) is 0 Å². The van der Waals surface area contributed by atoms with Crippen LogP contribution in [0.15, 0.2) is 83.8 Å². The van der Waals surface area contributed by atoms with E-state index in [1.165, 1.54) is 6.07 Å². The first-order valence-electron chi connectivity index (χ1n) is 8.81. The number of nitrogens with one attached hydrogen (secondary N) is 1. The lowest BCUT2D eigenvalue weighted by Gasteiger charge is -2.11. The van der Waals surface area contributed by atoms with Crippen molar-refractivity contribution in [3.63, 3.8) is 0 Å². The third kappa shape index (κ3) is 3.67. The van der Waals surface area contributed by atoms with Gasteiger partial charge in [-0.3, -0.25) is 0 Å². The van der Waals surface area contributed by atoms with Crippen LogP contribution >= 0.6 is 11.6 Å². The molecule has 0 unspecified atom stereocenters. The number of hydrogen-bond donors (Lipinski definition) is 1. The minimum absolute atomic E-state index is 0.0791. The van der Waals surface area contributed by atoms with Crippen LogP contribution in [-0.4, -0.2) is 24.5 Å². The molecule has 0 aliphatic rings. The molecule has 1 N–H and O–H groups in total. The Hall–Kier alpha value is -2.67. The average Bonchev–Trinajstić information content (AvgIpc) is 3.07. The zero-order chi connectivity index (χ0) is 19.6. The van der Waals surface area contributed by atoms with Crippen molar-refractivity contribution in [1.82, 2.24) is 14.3 Å². The summed E-state index contributed by atoms with van der Waals surface area (Å²) in [4.78, 5) is 4.81. The lowest BCUT2D eigenvalue weighted by molar-refractivity contribution is 0.575. The number of para-hydroxylation sites is 2. The first-order valence-corrected chi connectivity index (χ1v) is 10.7. The Bertz CT molecular complexity index is 1220. The number of hydrogen-bond acceptors (Lipinski definition) is 3. The highest BCUT2D eigenvalue weighted by molar-refractivity contribution is 7.89. The molecule has 0 saturated heterocycles. The van der Waals surface area contributed by atoms with E-state index < -0.39 is 10.0 Å². The van der Waals surface area contributed by atoms with Crippen LogP contribution in [-0.2, 0) is 16.6 Å². The first kappa shape index (κ1) is 18.7. The van der Waals surface area contributed by atoms with Crippen LogP contribution in [0.3, 0.4) is 0 Å². The summed E-state index contributed by atoms with van der Waals surface area (Å²) >= 11 is 6.04. The number of benzene rings is 3. The SMILES string of the molecule is O=S(=O)(NCCn1c(-c2ccccc2)nc2ccccc21)c1ccccc1Cl. The number of nitrogens with zero attached hydrogens (tertiary/aromatic N) is 2. The lowest BCUT2D eigenvalue weighted by Crippen LogP contribution is -2.27. The van der Waals surface area contributed by atoms with Gasteiger partial charge in [-0.1, -0.05) is 66.2 Å². The zero-order valence-corrected chi connectivity index (χ0v) is 16.5. The molecule has 0 amide bonds. The van der Waals surface area contributed by atoms with Gasteiger partial charge in [-0.2, -0.15) is 0 Å². The normalized spacial score (nSPS) is 11.8. The Morgan fingerprint density at radius 2 is 1.57 bits per heavy atom. The van der Waals surface area contributed by atoms with E-state index in [1.54, 1.807) is 18.2 Å². The second kappa shape index (κ2) is 7.75. The quantitative estimate of drug-likeness (QED) is 0.513. The Balaban J connectivity index is 1.63. The molecule has 28 heavy (non-hydrogen) atoms. The van der Waals surface area contributed by atoms with Crippen LogP contribution in [0.2, 0.25) is 5.02 Å². The molecule has 4 aromatic rings. The summed E-state index contributed by atoms with van der Waals surface area (Å²) in [6.07, 6.45) is 0. The van der Waals surface area contributed by atoms with Crippen molar-refractivity contribution in [1.29, 1.82) is 0 Å². The highest BCUT2D eigenvalue weighted by atomic mass is 35.5. The molecule has 0 fully saturated rings. The van der Waals surface area contributed by atoms with Gasteiger partial charge < -0.3 is 4.57 Å². The van der Waals surface area contributed by atoms with Crippen molar-refractivity contribution < 1.29 is 8.42 Å². The van der Waals surface area contributed by atoms with Gasteiger partial charge in [-0.05, 0) is 24.3 Å². The fourth-order valence-electron chi connectivity index (χ4n) is 3.14. The molecule has 0 radical (unpaired) electrons. The molecule has 0 aliphatic heterocycles. The van der Waals surface area contributed by atoms with Crippen LogP contribution in [0.5, 0.6) is 0 Å². The smallest absolute Gasteiger partial charge is 0.242 e. The Kier molecular flexibility index (Phi) is 5.17. The van der Waals surface area contributed by atoms with Gasteiger partial charge in [-0.15, -0.1) is 0 Å². The minimum Gasteiger partial charge on any atom is -0.323 e.